The number of likely N-dealkylation sites (N-methyl/N-ethyl adjacent to an activating group) is 1. The van der Waals surface area contributed by atoms with Crippen LogP contribution in [0.15, 0.2) is 42.5 Å². The Morgan fingerprint density at radius 2 is 1.85 bits per heavy atom. The van der Waals surface area contributed by atoms with E-state index in [4.69, 9.17) is 16.3 Å². The van der Waals surface area contributed by atoms with E-state index >= 15 is 0 Å². The van der Waals surface area contributed by atoms with E-state index in [1.54, 1.807) is 0 Å². The van der Waals surface area contributed by atoms with E-state index in [0.29, 0.717) is 6.61 Å². The molecule has 0 unspecified atom stereocenters. The van der Waals surface area contributed by atoms with Crippen molar-refractivity contribution < 1.29 is 4.74 Å². The second kappa shape index (κ2) is 9.40. The molecule has 140 valence electrons. The number of halogens is 1. The maximum Gasteiger partial charge on any atom is 0.123 e. The van der Waals surface area contributed by atoms with E-state index < -0.39 is 0 Å². The molecule has 3 rings (SSSR count). The van der Waals surface area contributed by atoms with Crippen LogP contribution in [-0.2, 0) is 13.0 Å². The second-order valence-corrected chi connectivity index (χ2v) is 7.71. The minimum Gasteiger partial charge on any atom is -0.489 e. The molecule has 1 heterocycles. The minimum atomic E-state index is 0.592. The molecule has 1 saturated heterocycles. The van der Waals surface area contributed by atoms with Gasteiger partial charge in [0, 0.05) is 31.2 Å². The third-order valence-corrected chi connectivity index (χ3v) is 5.25. The summed E-state index contributed by atoms with van der Waals surface area (Å²) in [4.78, 5) is 4.95. The first kappa shape index (κ1) is 19.2. The molecule has 0 amide bonds. The molecule has 0 bridgehead atoms. The van der Waals surface area contributed by atoms with Gasteiger partial charge in [-0.05, 0) is 62.7 Å². The second-order valence-electron chi connectivity index (χ2n) is 7.28. The predicted octanol–water partition coefficient (Wildman–Crippen LogP) is 4.41. The lowest BCUT2D eigenvalue weighted by molar-refractivity contribution is 0.153. The van der Waals surface area contributed by atoms with Gasteiger partial charge in [-0.15, -0.1) is 0 Å². The molecule has 0 atom stereocenters. The predicted molar refractivity (Wildman–Crippen MR) is 109 cm³/mol. The quantitative estimate of drug-likeness (QED) is 0.716. The Bertz CT molecular complexity index is 711. The molecule has 0 saturated carbocycles. The first-order valence-corrected chi connectivity index (χ1v) is 9.85. The Morgan fingerprint density at radius 1 is 1.04 bits per heavy atom. The van der Waals surface area contributed by atoms with Crippen molar-refractivity contribution in [3.63, 3.8) is 0 Å². The van der Waals surface area contributed by atoms with Gasteiger partial charge in [0.05, 0.1) is 0 Å². The first-order valence-electron chi connectivity index (χ1n) is 9.48. The maximum absolute atomic E-state index is 6.23. The highest BCUT2D eigenvalue weighted by atomic mass is 35.5. The molecule has 26 heavy (non-hydrogen) atoms. The summed E-state index contributed by atoms with van der Waals surface area (Å²) in [6.07, 6.45) is 2.13. The fraction of sp³-hybridized carbons (Fsp3) is 0.455. The standard InChI is InChI=1S/C22H29ClN2O/c1-18-5-3-6-19(15-18)17-26-22-9-8-21(23)16-20(22)7-4-10-25-13-11-24(2)12-14-25/h3,5-6,8-9,15-16H,4,7,10-14,17H2,1-2H3. The van der Waals surface area contributed by atoms with Crippen LogP contribution < -0.4 is 4.74 Å². The molecule has 3 nitrogen and oxygen atoms in total. The van der Waals surface area contributed by atoms with Crippen LogP contribution in [0.1, 0.15) is 23.1 Å². The summed E-state index contributed by atoms with van der Waals surface area (Å²) in [5.74, 6) is 0.953. The molecule has 0 aromatic heterocycles. The summed E-state index contributed by atoms with van der Waals surface area (Å²) < 4.78 is 6.11. The number of aryl methyl sites for hydroxylation is 2. The summed E-state index contributed by atoms with van der Waals surface area (Å²) in [7, 11) is 2.20. The highest BCUT2D eigenvalue weighted by Crippen LogP contribution is 2.25. The fourth-order valence-electron chi connectivity index (χ4n) is 3.41. The topological polar surface area (TPSA) is 15.7 Å². The number of ether oxygens (including phenoxy) is 1. The van der Waals surface area contributed by atoms with E-state index in [9.17, 15) is 0 Å². The highest BCUT2D eigenvalue weighted by molar-refractivity contribution is 6.30. The summed E-state index contributed by atoms with van der Waals surface area (Å²) in [6.45, 7) is 8.51. The largest absolute Gasteiger partial charge is 0.489 e. The average Bonchev–Trinajstić information content (AvgIpc) is 2.63. The zero-order chi connectivity index (χ0) is 18.4. The van der Waals surface area contributed by atoms with Crippen molar-refractivity contribution in [2.75, 3.05) is 39.8 Å². The number of benzene rings is 2. The average molecular weight is 373 g/mol. The summed E-state index contributed by atoms with van der Waals surface area (Å²) in [5, 5.41) is 0.780. The van der Waals surface area contributed by atoms with Gasteiger partial charge in [-0.1, -0.05) is 41.4 Å². The van der Waals surface area contributed by atoms with Crippen molar-refractivity contribution in [3.05, 3.63) is 64.2 Å². The van der Waals surface area contributed by atoms with Gasteiger partial charge >= 0.3 is 0 Å². The van der Waals surface area contributed by atoms with Crippen molar-refractivity contribution in [3.8, 4) is 5.75 Å². The molecule has 4 heteroatoms. The Balaban J connectivity index is 1.55. The summed E-state index contributed by atoms with van der Waals surface area (Å²) >= 11 is 6.23. The van der Waals surface area contributed by atoms with Gasteiger partial charge in [0.25, 0.3) is 0 Å². The van der Waals surface area contributed by atoms with Gasteiger partial charge in [-0.25, -0.2) is 0 Å². The van der Waals surface area contributed by atoms with Crippen LogP contribution in [0.2, 0.25) is 5.02 Å². The fourth-order valence-corrected chi connectivity index (χ4v) is 3.61. The maximum atomic E-state index is 6.23. The van der Waals surface area contributed by atoms with Crippen molar-refractivity contribution in [1.82, 2.24) is 9.80 Å². The van der Waals surface area contributed by atoms with Crippen molar-refractivity contribution >= 4 is 11.6 Å². The molecule has 2 aromatic rings. The molecule has 0 spiro atoms. The van der Waals surface area contributed by atoms with Gasteiger partial charge in [0.1, 0.15) is 12.4 Å². The lowest BCUT2D eigenvalue weighted by Gasteiger charge is -2.32. The Labute approximate surface area is 162 Å². The monoisotopic (exact) mass is 372 g/mol. The molecule has 0 radical (unpaired) electrons. The van der Waals surface area contributed by atoms with Crippen LogP contribution in [0.25, 0.3) is 0 Å². The lowest BCUT2D eigenvalue weighted by atomic mass is 10.1. The summed E-state index contributed by atoms with van der Waals surface area (Å²) in [5.41, 5.74) is 3.66. The third-order valence-electron chi connectivity index (χ3n) is 5.02. The zero-order valence-corrected chi connectivity index (χ0v) is 16.6. The first-order chi connectivity index (χ1) is 12.6. The lowest BCUT2D eigenvalue weighted by Crippen LogP contribution is -2.44. The summed E-state index contributed by atoms with van der Waals surface area (Å²) in [6, 6.07) is 14.4. The van der Waals surface area contributed by atoms with Crippen molar-refractivity contribution in [1.29, 1.82) is 0 Å². The minimum absolute atomic E-state index is 0.592. The smallest absolute Gasteiger partial charge is 0.123 e. The van der Waals surface area contributed by atoms with Crippen LogP contribution >= 0.6 is 11.6 Å². The molecular formula is C22H29ClN2O. The molecule has 0 aliphatic carbocycles. The van der Waals surface area contributed by atoms with E-state index in [-0.39, 0.29) is 0 Å². The van der Waals surface area contributed by atoms with Crippen LogP contribution in [0.5, 0.6) is 5.75 Å². The Hall–Kier alpha value is -1.55. The zero-order valence-electron chi connectivity index (χ0n) is 15.9. The van der Waals surface area contributed by atoms with Crippen LogP contribution in [0.4, 0.5) is 0 Å². The molecule has 1 aliphatic rings. The van der Waals surface area contributed by atoms with E-state index in [0.717, 1.165) is 30.2 Å². The Morgan fingerprint density at radius 3 is 2.62 bits per heavy atom. The number of hydrogen-bond donors (Lipinski definition) is 0. The van der Waals surface area contributed by atoms with Crippen LogP contribution in [-0.4, -0.2) is 49.6 Å². The van der Waals surface area contributed by atoms with E-state index in [2.05, 4.69) is 54.1 Å². The molecular weight excluding hydrogens is 344 g/mol. The van der Waals surface area contributed by atoms with Gasteiger partial charge in [0.2, 0.25) is 0 Å². The molecule has 0 N–H and O–H groups in total. The van der Waals surface area contributed by atoms with Gasteiger partial charge < -0.3 is 14.5 Å². The normalized spacial score (nSPS) is 16.0. The highest BCUT2D eigenvalue weighted by Gasteiger charge is 2.13. The van der Waals surface area contributed by atoms with Gasteiger partial charge in [-0.2, -0.15) is 0 Å². The molecule has 1 fully saturated rings. The van der Waals surface area contributed by atoms with Crippen molar-refractivity contribution in [2.24, 2.45) is 0 Å². The number of rotatable bonds is 7. The SMILES string of the molecule is Cc1cccc(COc2ccc(Cl)cc2CCCN2CCN(C)CC2)c1. The number of nitrogens with zero attached hydrogens (tertiary/aromatic N) is 2. The van der Waals surface area contributed by atoms with Crippen LogP contribution in [0, 0.1) is 6.92 Å². The van der Waals surface area contributed by atoms with E-state index in [1.165, 1.54) is 42.9 Å². The number of hydrogen-bond acceptors (Lipinski definition) is 3. The molecule has 2 aromatic carbocycles. The Kier molecular flexibility index (Phi) is 6.95. The number of piperazine rings is 1. The van der Waals surface area contributed by atoms with Crippen molar-refractivity contribution in [2.45, 2.75) is 26.4 Å². The van der Waals surface area contributed by atoms with Crippen LogP contribution in [0.3, 0.4) is 0 Å². The third kappa shape index (κ3) is 5.73. The molecule has 1 aliphatic heterocycles. The van der Waals surface area contributed by atoms with E-state index in [1.807, 2.05) is 12.1 Å². The van der Waals surface area contributed by atoms with Gasteiger partial charge in [-0.3, -0.25) is 0 Å². The van der Waals surface area contributed by atoms with Gasteiger partial charge in [0.15, 0.2) is 0 Å².